The number of amides is 1. The molecule has 2 aromatic carbocycles. The fourth-order valence-corrected chi connectivity index (χ4v) is 9.14. The number of fused-ring (bicyclic) bond motifs is 1. The second-order valence-corrected chi connectivity index (χ2v) is 22.2. The third kappa shape index (κ3) is 7.93. The number of ether oxygens (including phenoxy) is 1. The molecule has 0 N–H and O–H groups in total. The first-order valence-electron chi connectivity index (χ1n) is 17.5. The Bertz CT molecular complexity index is 2170. The van der Waals surface area contributed by atoms with Crippen LogP contribution < -0.4 is 10.5 Å². The Morgan fingerprint density at radius 2 is 1.60 bits per heavy atom. The van der Waals surface area contributed by atoms with Crippen LogP contribution in [0, 0.1) is 29.1 Å². The Balaban J connectivity index is 1.32. The highest BCUT2D eigenvalue weighted by atomic mass is 32.2. The van der Waals surface area contributed by atoms with Crippen molar-refractivity contribution in [2.45, 2.75) is 94.3 Å². The van der Waals surface area contributed by atoms with Gasteiger partial charge in [-0.3, -0.25) is 14.6 Å². The van der Waals surface area contributed by atoms with Crippen LogP contribution in [-0.4, -0.2) is 60.7 Å². The number of aromatic nitrogens is 3. The predicted octanol–water partition coefficient (Wildman–Crippen LogP) is 6.84. The van der Waals surface area contributed by atoms with Gasteiger partial charge in [0, 0.05) is 38.5 Å². The zero-order chi connectivity index (χ0) is 38.2. The van der Waals surface area contributed by atoms with E-state index in [1.165, 1.54) is 40.4 Å². The Morgan fingerprint density at radius 1 is 0.925 bits per heavy atom. The molecular formula is C36H40F5N5O5SSi. The molecule has 1 amide bonds. The lowest BCUT2D eigenvalue weighted by molar-refractivity contribution is -0.125. The highest BCUT2D eigenvalue weighted by Gasteiger charge is 2.48. The summed E-state index contributed by atoms with van der Waals surface area (Å²) in [6, 6.07) is 7.57. The fourth-order valence-electron chi connectivity index (χ4n) is 6.64. The van der Waals surface area contributed by atoms with E-state index in [1.54, 1.807) is 12.3 Å². The van der Waals surface area contributed by atoms with Crippen LogP contribution in [0.5, 0.6) is 0 Å². The minimum atomic E-state index is -5.38. The van der Waals surface area contributed by atoms with Gasteiger partial charge in [0.05, 0.1) is 23.8 Å². The molecule has 53 heavy (non-hydrogen) atoms. The van der Waals surface area contributed by atoms with E-state index in [-0.39, 0.29) is 30.8 Å². The molecule has 2 aromatic heterocycles. The average Bonchev–Trinajstić information content (AvgIpc) is 3.10. The Kier molecular flexibility index (Phi) is 11.2. The Morgan fingerprint density at radius 3 is 2.21 bits per heavy atom. The molecule has 0 radical (unpaired) electrons. The van der Waals surface area contributed by atoms with Gasteiger partial charge in [0.2, 0.25) is 21.7 Å². The number of anilines is 1. The van der Waals surface area contributed by atoms with Crippen LogP contribution >= 0.6 is 0 Å². The number of hydrogen-bond acceptors (Lipinski definition) is 7. The first kappa shape index (κ1) is 38.7. The maximum atomic E-state index is 14.7. The summed E-state index contributed by atoms with van der Waals surface area (Å²) >= 11 is 0. The molecule has 1 aliphatic heterocycles. The standard InChI is InChI=1S/C36H40F5N5O5SSi/c1-53(2,3)16-15-51-21-45-35(47)27-12-11-26(17-24(27)19-43-45)44(20-25-10-9-23(18-42-25)22-7-5-4-6-8-22)36(48)28-13-14-46(28)52(49,50)34-32(40)30(38)29(37)31(39)33(34)41/h9-12,17-19,22,28H,4-8,13-16,20-21H2,1-3H3/t28-/m1/s1. The van der Waals surface area contributed by atoms with Crippen molar-refractivity contribution in [1.82, 2.24) is 19.1 Å². The largest absolute Gasteiger partial charge is 0.359 e. The molecule has 284 valence electrons. The second kappa shape index (κ2) is 15.4. The van der Waals surface area contributed by atoms with Crippen molar-refractivity contribution in [3.05, 3.63) is 93.4 Å². The van der Waals surface area contributed by atoms with Crippen LogP contribution in [0.15, 0.2) is 52.4 Å². The zero-order valence-electron chi connectivity index (χ0n) is 29.5. The number of nitrogens with zero attached hydrogens (tertiary/aromatic N) is 5. The molecule has 1 saturated heterocycles. The van der Waals surface area contributed by atoms with Gasteiger partial charge in [-0.25, -0.2) is 35.1 Å². The van der Waals surface area contributed by atoms with Gasteiger partial charge in [0.15, 0.2) is 28.2 Å². The fraction of sp³-hybridized carbons (Fsp3) is 0.444. The maximum Gasteiger partial charge on any atom is 0.276 e. The van der Waals surface area contributed by atoms with Gasteiger partial charge >= 0.3 is 0 Å². The quantitative estimate of drug-likeness (QED) is 0.0509. The first-order valence-corrected chi connectivity index (χ1v) is 22.6. The molecule has 10 nitrogen and oxygen atoms in total. The average molecular weight is 778 g/mol. The lowest BCUT2D eigenvalue weighted by Gasteiger charge is -2.41. The van der Waals surface area contributed by atoms with Crippen molar-refractivity contribution >= 4 is 40.5 Å². The van der Waals surface area contributed by atoms with Crippen LogP contribution in [0.3, 0.4) is 0 Å². The number of carbonyl (C=O) groups excluding carboxylic acids is 1. The number of carbonyl (C=O) groups is 1. The molecular weight excluding hydrogens is 738 g/mol. The van der Waals surface area contributed by atoms with E-state index >= 15 is 0 Å². The molecule has 0 unspecified atom stereocenters. The summed E-state index contributed by atoms with van der Waals surface area (Å²) in [6.07, 6.45) is 8.58. The van der Waals surface area contributed by atoms with Crippen LogP contribution in [0.1, 0.15) is 55.7 Å². The summed E-state index contributed by atoms with van der Waals surface area (Å²) in [5.74, 6) is -12.9. The van der Waals surface area contributed by atoms with Crippen molar-refractivity contribution < 1.29 is 39.9 Å². The molecule has 1 atom stereocenters. The highest BCUT2D eigenvalue weighted by Crippen LogP contribution is 2.36. The van der Waals surface area contributed by atoms with Crippen molar-refractivity contribution in [3.63, 3.8) is 0 Å². The van der Waals surface area contributed by atoms with E-state index in [1.807, 2.05) is 6.07 Å². The van der Waals surface area contributed by atoms with Gasteiger partial charge < -0.3 is 9.64 Å². The molecule has 2 fully saturated rings. The van der Waals surface area contributed by atoms with Crippen molar-refractivity contribution in [2.75, 3.05) is 18.1 Å². The minimum Gasteiger partial charge on any atom is -0.359 e. The molecule has 6 rings (SSSR count). The minimum absolute atomic E-state index is 0.0524. The van der Waals surface area contributed by atoms with E-state index in [2.05, 4.69) is 29.7 Å². The van der Waals surface area contributed by atoms with Gasteiger partial charge in [-0.05, 0) is 61.1 Å². The van der Waals surface area contributed by atoms with Crippen molar-refractivity contribution in [1.29, 1.82) is 0 Å². The number of halogens is 5. The number of hydrogen-bond donors (Lipinski definition) is 0. The molecule has 0 spiro atoms. The van der Waals surface area contributed by atoms with Gasteiger partial charge in [-0.2, -0.15) is 9.40 Å². The molecule has 1 aliphatic carbocycles. The van der Waals surface area contributed by atoms with Crippen LogP contribution in [-0.2, 0) is 32.8 Å². The predicted molar refractivity (Wildman–Crippen MR) is 190 cm³/mol. The van der Waals surface area contributed by atoms with E-state index < -0.39 is 76.1 Å². The summed E-state index contributed by atoms with van der Waals surface area (Å²) in [5, 5.41) is 4.87. The normalized spacial score (nSPS) is 17.2. The lowest BCUT2D eigenvalue weighted by Crippen LogP contribution is -2.59. The molecule has 4 aromatic rings. The SMILES string of the molecule is C[Si](C)(C)CCOCn1ncc2cc(N(Cc3ccc(C4CCCCC4)cn3)C(=O)[C@H]3CCN3S(=O)(=O)c3c(F)c(F)c(F)c(F)c3F)ccc2c1=O. The number of sulfonamides is 1. The summed E-state index contributed by atoms with van der Waals surface area (Å²) < 4.78 is 105. The van der Waals surface area contributed by atoms with E-state index in [0.29, 0.717) is 27.9 Å². The number of rotatable bonds is 12. The maximum absolute atomic E-state index is 14.7. The van der Waals surface area contributed by atoms with Crippen LogP contribution in [0.4, 0.5) is 27.6 Å². The zero-order valence-corrected chi connectivity index (χ0v) is 31.4. The molecule has 0 bridgehead atoms. The van der Waals surface area contributed by atoms with E-state index in [9.17, 15) is 40.0 Å². The highest BCUT2D eigenvalue weighted by molar-refractivity contribution is 7.89. The van der Waals surface area contributed by atoms with Crippen LogP contribution in [0.25, 0.3) is 10.8 Å². The second-order valence-electron chi connectivity index (χ2n) is 14.7. The van der Waals surface area contributed by atoms with Gasteiger partial charge in [0.1, 0.15) is 12.8 Å². The number of pyridine rings is 1. The third-order valence-corrected chi connectivity index (χ3v) is 13.5. The Hall–Kier alpha value is -4.06. The smallest absolute Gasteiger partial charge is 0.276 e. The monoisotopic (exact) mass is 777 g/mol. The van der Waals surface area contributed by atoms with Gasteiger partial charge in [-0.15, -0.1) is 0 Å². The molecule has 3 heterocycles. The van der Waals surface area contributed by atoms with Crippen LogP contribution in [0.2, 0.25) is 25.7 Å². The van der Waals surface area contributed by atoms with Gasteiger partial charge in [-0.1, -0.05) is 45.0 Å². The molecule has 2 aliphatic rings. The summed E-state index contributed by atoms with van der Waals surface area (Å²) in [6.45, 7) is 6.47. The topological polar surface area (TPSA) is 115 Å². The molecule has 17 heteroatoms. The first-order chi connectivity index (χ1) is 25.1. The van der Waals surface area contributed by atoms with Crippen molar-refractivity contribution in [2.24, 2.45) is 0 Å². The van der Waals surface area contributed by atoms with E-state index in [0.717, 1.165) is 37.3 Å². The summed E-state index contributed by atoms with van der Waals surface area (Å²) in [7, 11) is -6.73. The van der Waals surface area contributed by atoms with E-state index in [4.69, 9.17) is 4.74 Å². The van der Waals surface area contributed by atoms with Crippen molar-refractivity contribution in [3.8, 4) is 0 Å². The molecule has 1 saturated carbocycles. The third-order valence-electron chi connectivity index (χ3n) is 9.86. The lowest BCUT2D eigenvalue weighted by atomic mass is 9.85. The van der Waals surface area contributed by atoms with Gasteiger partial charge in [0.25, 0.3) is 5.56 Å². The Labute approximate surface area is 304 Å². The summed E-state index contributed by atoms with van der Waals surface area (Å²) in [5.41, 5.74) is 1.30. The number of benzene rings is 2. The summed E-state index contributed by atoms with van der Waals surface area (Å²) in [4.78, 5) is 31.3.